The largest absolute Gasteiger partial charge is 0.311 e. The van der Waals surface area contributed by atoms with Crippen LogP contribution in [0.4, 0.5) is 5.13 Å². The van der Waals surface area contributed by atoms with Gasteiger partial charge in [-0.1, -0.05) is 0 Å². The lowest BCUT2D eigenvalue weighted by molar-refractivity contribution is -0.116. The molecule has 2 aromatic rings. The predicted molar refractivity (Wildman–Crippen MR) is 85.5 cm³/mol. The Kier molecular flexibility index (Phi) is 5.70. The van der Waals surface area contributed by atoms with E-state index in [2.05, 4.69) is 27.1 Å². The molecule has 2 rings (SSSR count). The highest BCUT2D eigenvalue weighted by Gasteiger charge is 2.12. The molecule has 4 nitrogen and oxygen atoms in total. The fraction of sp³-hybridized carbons (Fsp3) is 0.429. The lowest BCUT2D eigenvalue weighted by Gasteiger charge is -2.14. The van der Waals surface area contributed by atoms with Crippen LogP contribution in [0.2, 0.25) is 0 Å². The zero-order chi connectivity index (χ0) is 14.4. The van der Waals surface area contributed by atoms with Crippen molar-refractivity contribution in [2.75, 3.05) is 18.0 Å². The van der Waals surface area contributed by atoms with E-state index in [0.29, 0.717) is 6.54 Å². The van der Waals surface area contributed by atoms with Gasteiger partial charge in [0.1, 0.15) is 0 Å². The average molecular weight is 309 g/mol. The summed E-state index contributed by atoms with van der Waals surface area (Å²) < 4.78 is 0. The first kappa shape index (κ1) is 15.2. The Bertz CT molecular complexity index is 536. The standard InChI is InChI=1S/C14H19N3OS2/c1-3-17(11(2)18)14-16-13(10-20-14)8-15-6-4-12-5-7-19-9-12/h5,7,9-10,15H,3-4,6,8H2,1-2H3. The van der Waals surface area contributed by atoms with Gasteiger partial charge in [-0.2, -0.15) is 11.3 Å². The summed E-state index contributed by atoms with van der Waals surface area (Å²) in [5.41, 5.74) is 2.37. The molecular weight excluding hydrogens is 290 g/mol. The van der Waals surface area contributed by atoms with Crippen LogP contribution in [-0.2, 0) is 17.8 Å². The first-order valence-corrected chi connectivity index (χ1v) is 8.47. The molecule has 0 aliphatic carbocycles. The quantitative estimate of drug-likeness (QED) is 0.800. The van der Waals surface area contributed by atoms with Crippen LogP contribution in [0.1, 0.15) is 25.1 Å². The number of carbonyl (C=O) groups is 1. The molecule has 1 amide bonds. The summed E-state index contributed by atoms with van der Waals surface area (Å²) in [5.74, 6) is 0.0406. The number of nitrogens with zero attached hydrogens (tertiary/aromatic N) is 2. The summed E-state index contributed by atoms with van der Waals surface area (Å²) in [6.07, 6.45) is 1.04. The van der Waals surface area contributed by atoms with Gasteiger partial charge in [-0.3, -0.25) is 9.69 Å². The second-order valence-electron chi connectivity index (χ2n) is 4.44. The molecule has 0 bridgehead atoms. The molecule has 0 aliphatic rings. The first-order valence-electron chi connectivity index (χ1n) is 6.65. The van der Waals surface area contributed by atoms with E-state index >= 15 is 0 Å². The van der Waals surface area contributed by atoms with Gasteiger partial charge in [-0.15, -0.1) is 11.3 Å². The van der Waals surface area contributed by atoms with Gasteiger partial charge in [0.25, 0.3) is 0 Å². The molecule has 0 fully saturated rings. The minimum Gasteiger partial charge on any atom is -0.311 e. The molecule has 2 heterocycles. The minimum atomic E-state index is 0.0406. The number of anilines is 1. The van der Waals surface area contributed by atoms with E-state index in [1.54, 1.807) is 23.2 Å². The Hall–Kier alpha value is -1.24. The predicted octanol–water partition coefficient (Wildman–Crippen LogP) is 2.91. The van der Waals surface area contributed by atoms with Crippen LogP contribution in [0.3, 0.4) is 0 Å². The van der Waals surface area contributed by atoms with Crippen LogP contribution in [0.15, 0.2) is 22.2 Å². The highest BCUT2D eigenvalue weighted by atomic mass is 32.1. The summed E-state index contributed by atoms with van der Waals surface area (Å²) in [5, 5.41) is 10.5. The van der Waals surface area contributed by atoms with Gasteiger partial charge in [0, 0.05) is 25.4 Å². The number of carbonyl (C=O) groups excluding carboxylic acids is 1. The smallest absolute Gasteiger partial charge is 0.225 e. The van der Waals surface area contributed by atoms with Crippen LogP contribution in [-0.4, -0.2) is 24.0 Å². The number of rotatable bonds is 7. The molecule has 1 N–H and O–H groups in total. The number of nitrogens with one attached hydrogen (secondary N) is 1. The minimum absolute atomic E-state index is 0.0406. The summed E-state index contributed by atoms with van der Waals surface area (Å²) in [6, 6.07) is 2.15. The Morgan fingerprint density at radius 1 is 1.45 bits per heavy atom. The number of aromatic nitrogens is 1. The third kappa shape index (κ3) is 4.13. The summed E-state index contributed by atoms with van der Waals surface area (Å²) in [7, 11) is 0. The Labute approximate surface area is 127 Å². The zero-order valence-electron chi connectivity index (χ0n) is 11.8. The normalized spacial score (nSPS) is 10.7. The maximum absolute atomic E-state index is 11.5. The lowest BCUT2D eigenvalue weighted by Crippen LogP contribution is -2.27. The lowest BCUT2D eigenvalue weighted by atomic mass is 10.2. The zero-order valence-corrected chi connectivity index (χ0v) is 13.4. The fourth-order valence-corrected chi connectivity index (χ4v) is 3.51. The van der Waals surface area contributed by atoms with Gasteiger partial charge in [0.05, 0.1) is 5.69 Å². The van der Waals surface area contributed by atoms with E-state index in [1.165, 1.54) is 16.9 Å². The van der Waals surface area contributed by atoms with Crippen molar-refractivity contribution in [3.8, 4) is 0 Å². The summed E-state index contributed by atoms with van der Waals surface area (Å²) >= 11 is 3.25. The number of thiazole rings is 1. The van der Waals surface area contributed by atoms with E-state index in [-0.39, 0.29) is 5.91 Å². The summed E-state index contributed by atoms with van der Waals surface area (Å²) in [6.45, 7) is 5.88. The van der Waals surface area contributed by atoms with Crippen molar-refractivity contribution < 1.29 is 4.79 Å². The third-order valence-electron chi connectivity index (χ3n) is 2.94. The van der Waals surface area contributed by atoms with Gasteiger partial charge in [-0.25, -0.2) is 4.98 Å². The van der Waals surface area contributed by atoms with Crippen LogP contribution in [0, 0.1) is 0 Å². The van der Waals surface area contributed by atoms with Gasteiger partial charge < -0.3 is 5.32 Å². The van der Waals surface area contributed by atoms with Gasteiger partial charge in [0.15, 0.2) is 5.13 Å². The number of amides is 1. The highest BCUT2D eigenvalue weighted by Crippen LogP contribution is 2.20. The molecule has 0 radical (unpaired) electrons. The molecule has 20 heavy (non-hydrogen) atoms. The van der Waals surface area contributed by atoms with Crippen molar-refractivity contribution >= 4 is 33.7 Å². The maximum atomic E-state index is 11.5. The molecule has 0 atom stereocenters. The van der Waals surface area contributed by atoms with Crippen LogP contribution >= 0.6 is 22.7 Å². The monoisotopic (exact) mass is 309 g/mol. The Morgan fingerprint density at radius 3 is 2.95 bits per heavy atom. The summed E-state index contributed by atoms with van der Waals surface area (Å²) in [4.78, 5) is 17.6. The second kappa shape index (κ2) is 7.52. The van der Waals surface area contributed by atoms with E-state index in [4.69, 9.17) is 0 Å². The third-order valence-corrected chi connectivity index (χ3v) is 4.59. The Balaban J connectivity index is 1.79. The van der Waals surface area contributed by atoms with Crippen molar-refractivity contribution in [2.24, 2.45) is 0 Å². The molecule has 0 unspecified atom stereocenters. The van der Waals surface area contributed by atoms with Crippen LogP contribution < -0.4 is 10.2 Å². The molecule has 0 aromatic carbocycles. The second-order valence-corrected chi connectivity index (χ2v) is 6.06. The van der Waals surface area contributed by atoms with Crippen molar-refractivity contribution in [1.82, 2.24) is 10.3 Å². The molecule has 2 aromatic heterocycles. The molecule has 0 saturated carbocycles. The number of thiophene rings is 1. The topological polar surface area (TPSA) is 45.2 Å². The first-order chi connectivity index (χ1) is 9.70. The van der Waals surface area contributed by atoms with Gasteiger partial charge in [-0.05, 0) is 42.3 Å². The van der Waals surface area contributed by atoms with Crippen LogP contribution in [0.25, 0.3) is 0 Å². The van der Waals surface area contributed by atoms with Gasteiger partial charge in [0.2, 0.25) is 5.91 Å². The maximum Gasteiger partial charge on any atom is 0.225 e. The number of hydrogen-bond donors (Lipinski definition) is 1. The molecule has 0 aliphatic heterocycles. The van der Waals surface area contributed by atoms with Crippen molar-refractivity contribution in [3.63, 3.8) is 0 Å². The van der Waals surface area contributed by atoms with Gasteiger partial charge >= 0.3 is 0 Å². The average Bonchev–Trinajstić information content (AvgIpc) is 3.06. The molecule has 0 saturated heterocycles. The number of hydrogen-bond acceptors (Lipinski definition) is 5. The van der Waals surface area contributed by atoms with Crippen molar-refractivity contribution in [3.05, 3.63) is 33.5 Å². The molecule has 0 spiro atoms. The van der Waals surface area contributed by atoms with E-state index < -0.39 is 0 Å². The Morgan fingerprint density at radius 2 is 2.30 bits per heavy atom. The fourth-order valence-electron chi connectivity index (χ4n) is 1.88. The SMILES string of the molecule is CCN(C(C)=O)c1nc(CNCCc2ccsc2)cs1. The van der Waals surface area contributed by atoms with Crippen LogP contribution in [0.5, 0.6) is 0 Å². The van der Waals surface area contributed by atoms with Crippen molar-refractivity contribution in [1.29, 1.82) is 0 Å². The highest BCUT2D eigenvalue weighted by molar-refractivity contribution is 7.14. The molecule has 6 heteroatoms. The molecular formula is C14H19N3OS2. The molecule has 108 valence electrons. The van der Waals surface area contributed by atoms with E-state index in [9.17, 15) is 4.79 Å². The van der Waals surface area contributed by atoms with E-state index in [1.807, 2.05) is 12.3 Å². The van der Waals surface area contributed by atoms with Crippen molar-refractivity contribution in [2.45, 2.75) is 26.8 Å². The van der Waals surface area contributed by atoms with E-state index in [0.717, 1.165) is 30.3 Å².